The van der Waals surface area contributed by atoms with Gasteiger partial charge in [-0.15, -0.1) is 0 Å². The molecule has 0 saturated carbocycles. The van der Waals surface area contributed by atoms with Gasteiger partial charge in [-0.25, -0.2) is 13.8 Å². The van der Waals surface area contributed by atoms with Gasteiger partial charge in [-0.05, 0) is 22.0 Å². The molecule has 66 valence electrons. The van der Waals surface area contributed by atoms with Gasteiger partial charge in [0.25, 0.3) is 5.92 Å². The summed E-state index contributed by atoms with van der Waals surface area (Å²) in [5.41, 5.74) is 5.18. The summed E-state index contributed by atoms with van der Waals surface area (Å²) < 4.78 is 25.7. The molecule has 0 aliphatic rings. The topological polar surface area (TPSA) is 38.9 Å². The Morgan fingerprint density at radius 2 is 2.17 bits per heavy atom. The predicted molar refractivity (Wildman–Crippen MR) is 45.9 cm³/mol. The molecule has 1 aromatic heterocycles. The summed E-state index contributed by atoms with van der Waals surface area (Å²) in [4.78, 5) is 3.60. The number of nitrogen functional groups attached to an aromatic ring is 1. The fourth-order valence-corrected chi connectivity index (χ4v) is 1.04. The maximum atomic E-state index is 12.7. The summed E-state index contributed by atoms with van der Waals surface area (Å²) in [5.74, 6) is -2.66. The number of nitrogens with zero attached hydrogens (tertiary/aromatic N) is 1. The van der Waals surface area contributed by atoms with Crippen LogP contribution >= 0.6 is 15.9 Å². The molecule has 0 aliphatic carbocycles. The van der Waals surface area contributed by atoms with E-state index in [-0.39, 0.29) is 11.4 Å². The van der Waals surface area contributed by atoms with E-state index in [0.717, 1.165) is 13.1 Å². The monoisotopic (exact) mass is 236 g/mol. The summed E-state index contributed by atoms with van der Waals surface area (Å²) in [6.45, 7) is 0.812. The Morgan fingerprint density at radius 1 is 1.58 bits per heavy atom. The third-order valence-corrected chi connectivity index (χ3v) is 2.01. The van der Waals surface area contributed by atoms with Crippen molar-refractivity contribution in [1.29, 1.82) is 0 Å². The van der Waals surface area contributed by atoms with Crippen LogP contribution in [0.2, 0.25) is 0 Å². The highest BCUT2D eigenvalue weighted by atomic mass is 79.9. The Balaban J connectivity index is 3.14. The van der Waals surface area contributed by atoms with Crippen molar-refractivity contribution >= 4 is 21.7 Å². The Bertz CT molecular complexity index is 296. The van der Waals surface area contributed by atoms with Gasteiger partial charge in [0.2, 0.25) is 0 Å². The van der Waals surface area contributed by atoms with Crippen LogP contribution in [0.25, 0.3) is 0 Å². The molecule has 0 unspecified atom stereocenters. The van der Waals surface area contributed by atoms with Gasteiger partial charge in [0.15, 0.2) is 0 Å². The Morgan fingerprint density at radius 3 is 2.58 bits per heavy atom. The van der Waals surface area contributed by atoms with Crippen LogP contribution < -0.4 is 5.73 Å². The van der Waals surface area contributed by atoms with E-state index in [9.17, 15) is 8.78 Å². The molecule has 1 rings (SSSR count). The highest BCUT2D eigenvalue weighted by molar-refractivity contribution is 9.10. The third-order valence-electron chi connectivity index (χ3n) is 1.38. The molecule has 12 heavy (non-hydrogen) atoms. The van der Waals surface area contributed by atoms with E-state index in [1.807, 2.05) is 0 Å². The largest absolute Gasteiger partial charge is 0.383 e. The second-order valence-corrected chi connectivity index (χ2v) is 3.33. The van der Waals surface area contributed by atoms with Crippen LogP contribution in [0.5, 0.6) is 0 Å². The van der Waals surface area contributed by atoms with Crippen LogP contribution in [0.15, 0.2) is 16.7 Å². The smallest absolute Gasteiger partial charge is 0.272 e. The average molecular weight is 237 g/mol. The van der Waals surface area contributed by atoms with Gasteiger partial charge >= 0.3 is 0 Å². The standard InChI is InChI=1S/C7H7BrF2N2/c1-7(9,10)4-2-5(8)6(11)12-3-4/h2-3H,1H3,(H2,11,12). The molecule has 1 aromatic rings. The summed E-state index contributed by atoms with van der Waals surface area (Å²) in [7, 11) is 0. The van der Waals surface area contributed by atoms with Crippen molar-refractivity contribution in [2.45, 2.75) is 12.8 Å². The van der Waals surface area contributed by atoms with Gasteiger partial charge in [-0.2, -0.15) is 0 Å². The first-order valence-electron chi connectivity index (χ1n) is 3.20. The molecule has 2 nitrogen and oxygen atoms in total. The van der Waals surface area contributed by atoms with Gasteiger partial charge in [0.1, 0.15) is 5.82 Å². The normalized spacial score (nSPS) is 11.7. The van der Waals surface area contributed by atoms with Crippen LogP contribution in [0.1, 0.15) is 12.5 Å². The number of hydrogen-bond donors (Lipinski definition) is 1. The Kier molecular flexibility index (Phi) is 2.32. The maximum absolute atomic E-state index is 12.7. The Hall–Kier alpha value is -0.710. The van der Waals surface area contributed by atoms with Gasteiger partial charge in [-0.1, -0.05) is 0 Å². The van der Waals surface area contributed by atoms with Gasteiger partial charge in [-0.3, -0.25) is 0 Å². The predicted octanol–water partition coefficient (Wildman–Crippen LogP) is 2.54. The minimum Gasteiger partial charge on any atom is -0.383 e. The fourth-order valence-electron chi connectivity index (χ4n) is 0.689. The van der Waals surface area contributed by atoms with E-state index in [1.54, 1.807) is 0 Å². The molecule has 0 saturated heterocycles. The molecule has 5 heteroatoms. The number of aromatic nitrogens is 1. The molecule has 2 N–H and O–H groups in total. The van der Waals surface area contributed by atoms with Gasteiger partial charge in [0, 0.05) is 18.7 Å². The zero-order chi connectivity index (χ0) is 9.35. The number of nitrogens with two attached hydrogens (primary N) is 1. The van der Waals surface area contributed by atoms with Crippen LogP contribution in [-0.4, -0.2) is 4.98 Å². The van der Waals surface area contributed by atoms with Gasteiger partial charge in [0.05, 0.1) is 4.47 Å². The average Bonchev–Trinajstić information content (AvgIpc) is 1.92. The van der Waals surface area contributed by atoms with E-state index in [4.69, 9.17) is 5.73 Å². The Labute approximate surface area is 76.9 Å². The summed E-state index contributed by atoms with van der Waals surface area (Å²) in [6, 6.07) is 1.27. The van der Waals surface area contributed by atoms with Crippen LogP contribution in [0.4, 0.5) is 14.6 Å². The van der Waals surface area contributed by atoms with E-state index in [0.29, 0.717) is 4.47 Å². The van der Waals surface area contributed by atoms with E-state index in [1.165, 1.54) is 6.07 Å². The number of hydrogen-bond acceptors (Lipinski definition) is 2. The first-order valence-corrected chi connectivity index (χ1v) is 4.00. The molecule has 1 heterocycles. The number of alkyl halides is 2. The minimum atomic E-state index is -2.87. The lowest BCUT2D eigenvalue weighted by Gasteiger charge is -2.10. The lowest BCUT2D eigenvalue weighted by atomic mass is 10.2. The first-order chi connectivity index (χ1) is 5.41. The molecule has 0 spiro atoms. The van der Waals surface area contributed by atoms with Crippen LogP contribution in [0.3, 0.4) is 0 Å². The highest BCUT2D eigenvalue weighted by Crippen LogP contribution is 2.29. The number of halogens is 3. The second kappa shape index (κ2) is 2.97. The SMILES string of the molecule is CC(F)(F)c1cnc(N)c(Br)c1. The quantitative estimate of drug-likeness (QED) is 0.814. The van der Waals surface area contributed by atoms with Crippen molar-refractivity contribution in [2.24, 2.45) is 0 Å². The lowest BCUT2D eigenvalue weighted by Crippen LogP contribution is -2.08. The number of pyridine rings is 1. The summed E-state index contributed by atoms with van der Waals surface area (Å²) in [6.07, 6.45) is 1.07. The summed E-state index contributed by atoms with van der Waals surface area (Å²) >= 11 is 3.02. The number of anilines is 1. The van der Waals surface area contributed by atoms with Crippen molar-refractivity contribution in [3.05, 3.63) is 22.3 Å². The number of rotatable bonds is 1. The zero-order valence-corrected chi connectivity index (χ0v) is 7.90. The van der Waals surface area contributed by atoms with E-state index < -0.39 is 5.92 Å². The highest BCUT2D eigenvalue weighted by Gasteiger charge is 2.25. The first kappa shape index (κ1) is 9.38. The van der Waals surface area contributed by atoms with Crippen molar-refractivity contribution in [3.8, 4) is 0 Å². The molecule has 0 fully saturated rings. The summed E-state index contributed by atoms with van der Waals surface area (Å²) in [5, 5.41) is 0. The minimum absolute atomic E-state index is 0.149. The molecule has 0 bridgehead atoms. The molecule has 0 aromatic carbocycles. The maximum Gasteiger partial charge on any atom is 0.272 e. The van der Waals surface area contributed by atoms with Crippen molar-refractivity contribution < 1.29 is 8.78 Å². The molecular weight excluding hydrogens is 230 g/mol. The van der Waals surface area contributed by atoms with Crippen molar-refractivity contribution in [2.75, 3.05) is 5.73 Å². The third kappa shape index (κ3) is 1.91. The van der Waals surface area contributed by atoms with E-state index in [2.05, 4.69) is 20.9 Å². The second-order valence-electron chi connectivity index (χ2n) is 2.48. The lowest BCUT2D eigenvalue weighted by molar-refractivity contribution is 0.0171. The van der Waals surface area contributed by atoms with Crippen LogP contribution in [0, 0.1) is 0 Å². The molecular formula is C7H7BrF2N2. The van der Waals surface area contributed by atoms with Crippen LogP contribution in [-0.2, 0) is 5.92 Å². The van der Waals surface area contributed by atoms with Gasteiger partial charge < -0.3 is 5.73 Å². The fraction of sp³-hybridized carbons (Fsp3) is 0.286. The van der Waals surface area contributed by atoms with Crippen molar-refractivity contribution in [3.63, 3.8) is 0 Å². The molecule has 0 aliphatic heterocycles. The van der Waals surface area contributed by atoms with E-state index >= 15 is 0 Å². The molecule has 0 atom stereocenters. The molecule has 0 radical (unpaired) electrons. The zero-order valence-electron chi connectivity index (χ0n) is 6.31. The van der Waals surface area contributed by atoms with Crippen molar-refractivity contribution in [1.82, 2.24) is 4.98 Å². The molecule has 0 amide bonds.